The number of hydrogen-bond acceptors (Lipinski definition) is 3. The predicted octanol–water partition coefficient (Wildman–Crippen LogP) is 0.789. The summed E-state index contributed by atoms with van der Waals surface area (Å²) in [6.07, 6.45) is 0. The van der Waals surface area contributed by atoms with Gasteiger partial charge in [-0.25, -0.2) is 4.79 Å². The van der Waals surface area contributed by atoms with E-state index in [1.165, 1.54) is 4.90 Å². The van der Waals surface area contributed by atoms with E-state index in [0.717, 1.165) is 5.56 Å². The lowest BCUT2D eigenvalue weighted by atomic mass is 10.1. The first-order valence-corrected chi connectivity index (χ1v) is 5.57. The van der Waals surface area contributed by atoms with Crippen LogP contribution in [0.5, 0.6) is 5.75 Å². The lowest BCUT2D eigenvalue weighted by Crippen LogP contribution is -2.34. The number of carbonyl (C=O) groups excluding carboxylic acids is 2. The molecule has 0 aromatic heterocycles. The summed E-state index contributed by atoms with van der Waals surface area (Å²) >= 11 is 0. The highest BCUT2D eigenvalue weighted by atomic mass is 16.5. The minimum atomic E-state index is -0.169. The zero-order chi connectivity index (χ0) is 13.1. The van der Waals surface area contributed by atoms with E-state index in [1.807, 2.05) is 6.07 Å². The van der Waals surface area contributed by atoms with Crippen molar-refractivity contribution in [2.45, 2.75) is 6.54 Å². The lowest BCUT2D eigenvalue weighted by molar-refractivity contribution is -0.118. The van der Waals surface area contributed by atoms with E-state index < -0.39 is 0 Å². The summed E-state index contributed by atoms with van der Waals surface area (Å²) in [6.45, 7) is 0.448. The van der Waals surface area contributed by atoms with Gasteiger partial charge in [-0.1, -0.05) is 6.07 Å². The molecule has 1 aliphatic rings. The molecule has 0 atom stereocenters. The van der Waals surface area contributed by atoms with Crippen LogP contribution < -0.4 is 15.4 Å². The van der Waals surface area contributed by atoms with Crippen LogP contribution in [0, 0.1) is 0 Å². The normalized spacial score (nSPS) is 13.1. The molecule has 0 bridgehead atoms. The maximum atomic E-state index is 11.4. The van der Waals surface area contributed by atoms with Crippen molar-refractivity contribution in [3.8, 4) is 5.75 Å². The number of amides is 3. The maximum absolute atomic E-state index is 11.4. The molecule has 0 saturated carbocycles. The molecule has 1 heterocycles. The van der Waals surface area contributed by atoms with Crippen LogP contribution in [-0.4, -0.2) is 37.5 Å². The Morgan fingerprint density at radius 1 is 1.50 bits per heavy atom. The van der Waals surface area contributed by atoms with Crippen molar-refractivity contribution in [3.05, 3.63) is 23.8 Å². The average Bonchev–Trinajstić information content (AvgIpc) is 2.35. The smallest absolute Gasteiger partial charge is 0.317 e. The molecule has 6 nitrogen and oxygen atoms in total. The van der Waals surface area contributed by atoms with Crippen LogP contribution in [0.2, 0.25) is 0 Å². The Balaban J connectivity index is 2.04. The number of anilines is 1. The van der Waals surface area contributed by atoms with Crippen LogP contribution in [0.1, 0.15) is 5.56 Å². The molecule has 96 valence electrons. The second-order valence-corrected chi connectivity index (χ2v) is 4.22. The Morgan fingerprint density at radius 3 is 3.00 bits per heavy atom. The second-order valence-electron chi connectivity index (χ2n) is 4.22. The molecule has 1 aromatic carbocycles. The molecule has 2 N–H and O–H groups in total. The first-order chi connectivity index (χ1) is 8.56. The van der Waals surface area contributed by atoms with E-state index in [1.54, 1.807) is 26.2 Å². The monoisotopic (exact) mass is 249 g/mol. The molecule has 0 radical (unpaired) electrons. The van der Waals surface area contributed by atoms with Crippen LogP contribution in [0.25, 0.3) is 0 Å². The number of rotatable bonds is 2. The van der Waals surface area contributed by atoms with Crippen molar-refractivity contribution >= 4 is 17.6 Å². The molecule has 18 heavy (non-hydrogen) atoms. The molecule has 0 fully saturated rings. The Morgan fingerprint density at radius 2 is 2.28 bits per heavy atom. The SMILES string of the molecule is CN(C)C(=O)NCc1ccc2c(c1)NC(=O)CO2. The topological polar surface area (TPSA) is 70.7 Å². The first-order valence-electron chi connectivity index (χ1n) is 5.57. The van der Waals surface area contributed by atoms with Crippen molar-refractivity contribution < 1.29 is 14.3 Å². The van der Waals surface area contributed by atoms with Crippen LogP contribution in [0.3, 0.4) is 0 Å². The molecule has 0 aliphatic carbocycles. The van der Waals surface area contributed by atoms with Crippen LogP contribution >= 0.6 is 0 Å². The van der Waals surface area contributed by atoms with Gasteiger partial charge in [-0.15, -0.1) is 0 Å². The third-order valence-electron chi connectivity index (χ3n) is 2.53. The molecule has 0 unspecified atom stereocenters. The molecule has 0 saturated heterocycles. The van der Waals surface area contributed by atoms with Crippen LogP contribution in [-0.2, 0) is 11.3 Å². The van der Waals surface area contributed by atoms with Crippen molar-refractivity contribution in [2.75, 3.05) is 26.0 Å². The number of fused-ring (bicyclic) bond motifs is 1. The van der Waals surface area contributed by atoms with Crippen molar-refractivity contribution in [2.24, 2.45) is 0 Å². The molecule has 6 heteroatoms. The molecular weight excluding hydrogens is 234 g/mol. The maximum Gasteiger partial charge on any atom is 0.317 e. The number of hydrogen-bond donors (Lipinski definition) is 2. The summed E-state index contributed by atoms with van der Waals surface area (Å²) in [7, 11) is 3.35. The van der Waals surface area contributed by atoms with E-state index in [9.17, 15) is 9.59 Å². The molecule has 3 amide bonds. The third kappa shape index (κ3) is 2.71. The van der Waals surface area contributed by atoms with E-state index in [0.29, 0.717) is 18.0 Å². The van der Waals surface area contributed by atoms with Gasteiger partial charge < -0.3 is 20.3 Å². The van der Waals surface area contributed by atoms with E-state index in [4.69, 9.17) is 4.74 Å². The summed E-state index contributed by atoms with van der Waals surface area (Å²) < 4.78 is 5.25. The van der Waals surface area contributed by atoms with Gasteiger partial charge in [-0.3, -0.25) is 4.79 Å². The van der Waals surface area contributed by atoms with Crippen molar-refractivity contribution in [1.82, 2.24) is 10.2 Å². The largest absolute Gasteiger partial charge is 0.482 e. The van der Waals surface area contributed by atoms with Gasteiger partial charge in [0.15, 0.2) is 6.61 Å². The lowest BCUT2D eigenvalue weighted by Gasteiger charge is -2.19. The van der Waals surface area contributed by atoms with Crippen molar-refractivity contribution in [1.29, 1.82) is 0 Å². The number of benzene rings is 1. The molecule has 0 spiro atoms. The first kappa shape index (κ1) is 12.2. The van der Waals surface area contributed by atoms with Crippen molar-refractivity contribution in [3.63, 3.8) is 0 Å². The highest BCUT2D eigenvalue weighted by molar-refractivity contribution is 5.95. The van der Waals surface area contributed by atoms with Gasteiger partial charge in [0, 0.05) is 20.6 Å². The summed E-state index contributed by atoms with van der Waals surface area (Å²) in [5, 5.41) is 5.47. The summed E-state index contributed by atoms with van der Waals surface area (Å²) in [6, 6.07) is 5.27. The highest BCUT2D eigenvalue weighted by Crippen LogP contribution is 2.28. The quantitative estimate of drug-likeness (QED) is 0.814. The highest BCUT2D eigenvalue weighted by Gasteiger charge is 2.15. The van der Waals surface area contributed by atoms with Gasteiger partial charge in [0.2, 0.25) is 0 Å². The van der Waals surface area contributed by atoms with Crippen LogP contribution in [0.4, 0.5) is 10.5 Å². The third-order valence-corrected chi connectivity index (χ3v) is 2.53. The van der Waals surface area contributed by atoms with Gasteiger partial charge in [-0.2, -0.15) is 0 Å². The van der Waals surface area contributed by atoms with E-state index in [-0.39, 0.29) is 18.5 Å². The fraction of sp³-hybridized carbons (Fsp3) is 0.333. The van der Waals surface area contributed by atoms with E-state index in [2.05, 4.69) is 10.6 Å². The Bertz CT molecular complexity index is 485. The minimum Gasteiger partial charge on any atom is -0.482 e. The fourth-order valence-electron chi connectivity index (χ4n) is 1.58. The van der Waals surface area contributed by atoms with Gasteiger partial charge in [0.05, 0.1) is 5.69 Å². The number of nitrogens with one attached hydrogen (secondary N) is 2. The standard InChI is InChI=1S/C12H15N3O3/c1-15(2)12(17)13-6-8-3-4-10-9(5-8)14-11(16)7-18-10/h3-5H,6-7H2,1-2H3,(H,13,17)(H,14,16). The summed E-state index contributed by atoms with van der Waals surface area (Å²) in [4.78, 5) is 24.0. The molecular formula is C12H15N3O3. The van der Waals surface area contributed by atoms with Gasteiger partial charge in [0.1, 0.15) is 5.75 Å². The Labute approximate surface area is 105 Å². The average molecular weight is 249 g/mol. The predicted molar refractivity (Wildman–Crippen MR) is 66.5 cm³/mol. The Kier molecular flexibility index (Phi) is 3.36. The number of urea groups is 1. The zero-order valence-corrected chi connectivity index (χ0v) is 10.3. The number of ether oxygens (including phenoxy) is 1. The minimum absolute atomic E-state index is 0.0453. The Hall–Kier alpha value is -2.24. The molecule has 1 aromatic rings. The molecule has 1 aliphatic heterocycles. The van der Waals surface area contributed by atoms with E-state index >= 15 is 0 Å². The van der Waals surface area contributed by atoms with Crippen LogP contribution in [0.15, 0.2) is 18.2 Å². The summed E-state index contributed by atoms with van der Waals surface area (Å²) in [5.41, 5.74) is 1.54. The summed E-state index contributed by atoms with van der Waals surface area (Å²) in [5.74, 6) is 0.481. The zero-order valence-electron chi connectivity index (χ0n) is 10.3. The van der Waals surface area contributed by atoms with Gasteiger partial charge >= 0.3 is 6.03 Å². The number of nitrogens with zero attached hydrogens (tertiary/aromatic N) is 1. The fourth-order valence-corrected chi connectivity index (χ4v) is 1.58. The van der Waals surface area contributed by atoms with Gasteiger partial charge in [0.25, 0.3) is 5.91 Å². The molecule has 2 rings (SSSR count). The second kappa shape index (κ2) is 4.95. The van der Waals surface area contributed by atoms with Gasteiger partial charge in [-0.05, 0) is 17.7 Å². The number of carbonyl (C=O) groups is 2.